The van der Waals surface area contributed by atoms with E-state index < -0.39 is 11.7 Å². The summed E-state index contributed by atoms with van der Waals surface area (Å²) >= 11 is 3.30. The first-order chi connectivity index (χ1) is 11.3. The second-order valence-electron chi connectivity index (χ2n) is 5.66. The Morgan fingerprint density at radius 1 is 1.25 bits per heavy atom. The van der Waals surface area contributed by atoms with Gasteiger partial charge in [-0.15, -0.1) is 0 Å². The van der Waals surface area contributed by atoms with Crippen LogP contribution in [-0.2, 0) is 17.4 Å². The van der Waals surface area contributed by atoms with Crippen molar-refractivity contribution in [3.8, 4) is 0 Å². The molecule has 0 aliphatic carbocycles. The van der Waals surface area contributed by atoms with E-state index in [-0.39, 0.29) is 6.10 Å². The Morgan fingerprint density at radius 2 is 2.04 bits per heavy atom. The highest BCUT2D eigenvalue weighted by atomic mass is 79.9. The monoisotopic (exact) mass is 398 g/mol. The van der Waals surface area contributed by atoms with Gasteiger partial charge in [-0.05, 0) is 51.7 Å². The molecule has 1 aliphatic rings. The highest BCUT2D eigenvalue weighted by molar-refractivity contribution is 9.18. The number of nitrogens with zero attached hydrogens (tertiary/aromatic N) is 2. The molecule has 1 aromatic heterocycles. The molecule has 1 atom stereocenters. The molecule has 0 saturated heterocycles. The van der Waals surface area contributed by atoms with Gasteiger partial charge in [0, 0.05) is 24.7 Å². The summed E-state index contributed by atoms with van der Waals surface area (Å²) in [6, 6.07) is 7.91. The smallest absolute Gasteiger partial charge is 0.386 e. The summed E-state index contributed by atoms with van der Waals surface area (Å²) in [4.78, 5) is 9.40. The molecular weight excluding hydrogens is 385 g/mol. The molecular formula is C17H14BrF3N2O. The van der Waals surface area contributed by atoms with Gasteiger partial charge < -0.3 is 4.84 Å². The Morgan fingerprint density at radius 3 is 2.71 bits per heavy atom. The summed E-state index contributed by atoms with van der Waals surface area (Å²) < 4.78 is 39.2. The number of pyridine rings is 1. The average Bonchev–Trinajstić information content (AvgIpc) is 2.95. The maximum Gasteiger partial charge on any atom is 0.416 e. The molecule has 0 radical (unpaired) electrons. The summed E-state index contributed by atoms with van der Waals surface area (Å²) in [6.07, 6.45) is -2.37. The standard InChI is InChI=1S/C17H14BrF3N2O/c1-10-2-3-11(15-9-16(18)23-24-15)6-12(10)7-14-8-13(4-5-22-14)17(19,20)21/h2-6,8,15H,7,9H2,1H3. The minimum Gasteiger partial charge on any atom is -0.386 e. The Balaban J connectivity index is 1.85. The van der Waals surface area contributed by atoms with Gasteiger partial charge in [-0.1, -0.05) is 23.4 Å². The van der Waals surface area contributed by atoms with Gasteiger partial charge in [-0.3, -0.25) is 4.98 Å². The van der Waals surface area contributed by atoms with Crippen LogP contribution in [0.2, 0.25) is 0 Å². The van der Waals surface area contributed by atoms with Crippen LogP contribution in [-0.4, -0.2) is 9.60 Å². The maximum absolute atomic E-state index is 12.8. The molecule has 3 rings (SSSR count). The van der Waals surface area contributed by atoms with Crippen molar-refractivity contribution in [1.29, 1.82) is 0 Å². The summed E-state index contributed by atoms with van der Waals surface area (Å²) in [6.45, 7) is 1.93. The van der Waals surface area contributed by atoms with Crippen molar-refractivity contribution in [2.24, 2.45) is 5.16 Å². The van der Waals surface area contributed by atoms with Crippen molar-refractivity contribution < 1.29 is 18.0 Å². The van der Waals surface area contributed by atoms with Gasteiger partial charge in [-0.2, -0.15) is 13.2 Å². The van der Waals surface area contributed by atoms with Gasteiger partial charge >= 0.3 is 6.18 Å². The predicted octanol–water partition coefficient (Wildman–Crippen LogP) is 5.17. The van der Waals surface area contributed by atoms with Gasteiger partial charge in [0.25, 0.3) is 0 Å². The van der Waals surface area contributed by atoms with Gasteiger partial charge in [0.05, 0.1) is 5.56 Å². The molecule has 7 heteroatoms. The third-order valence-corrected chi connectivity index (χ3v) is 4.36. The van der Waals surface area contributed by atoms with E-state index in [2.05, 4.69) is 26.1 Å². The maximum atomic E-state index is 12.8. The van der Waals surface area contributed by atoms with Crippen LogP contribution in [0.5, 0.6) is 0 Å². The van der Waals surface area contributed by atoms with Gasteiger partial charge in [0.15, 0.2) is 6.10 Å². The molecule has 0 saturated carbocycles. The number of aromatic nitrogens is 1. The Kier molecular flexibility index (Phi) is 4.62. The van der Waals surface area contributed by atoms with E-state index in [0.29, 0.717) is 18.5 Å². The zero-order valence-electron chi connectivity index (χ0n) is 12.8. The zero-order chi connectivity index (χ0) is 17.3. The fraction of sp³-hybridized carbons (Fsp3) is 0.294. The van der Waals surface area contributed by atoms with Gasteiger partial charge in [0.1, 0.15) is 4.62 Å². The molecule has 1 aliphatic heterocycles. The minimum atomic E-state index is -4.37. The van der Waals surface area contributed by atoms with Crippen LogP contribution < -0.4 is 0 Å². The number of hydrogen-bond donors (Lipinski definition) is 0. The molecule has 1 unspecified atom stereocenters. The third kappa shape index (κ3) is 3.77. The molecule has 0 N–H and O–H groups in total. The van der Waals surface area contributed by atoms with E-state index in [1.165, 1.54) is 6.20 Å². The van der Waals surface area contributed by atoms with Crippen LogP contribution in [0.15, 0.2) is 41.7 Å². The van der Waals surface area contributed by atoms with Crippen LogP contribution in [0, 0.1) is 6.92 Å². The Labute approximate surface area is 145 Å². The number of hydrogen-bond acceptors (Lipinski definition) is 3. The van der Waals surface area contributed by atoms with Crippen molar-refractivity contribution in [3.05, 3.63) is 64.5 Å². The molecule has 0 amide bonds. The number of rotatable bonds is 3. The lowest BCUT2D eigenvalue weighted by molar-refractivity contribution is -0.137. The molecule has 126 valence electrons. The first-order valence-corrected chi connectivity index (χ1v) is 8.12. The second-order valence-corrected chi connectivity index (χ2v) is 6.58. The number of aryl methyl sites for hydroxylation is 1. The normalized spacial score (nSPS) is 17.5. The Bertz CT molecular complexity index is 790. The first-order valence-electron chi connectivity index (χ1n) is 7.32. The van der Waals surface area contributed by atoms with E-state index in [9.17, 15) is 13.2 Å². The highest BCUT2D eigenvalue weighted by Gasteiger charge is 2.30. The Hall–Kier alpha value is -1.89. The molecule has 2 heterocycles. The lowest BCUT2D eigenvalue weighted by Gasteiger charge is -2.13. The number of oxime groups is 1. The van der Waals surface area contributed by atoms with Gasteiger partial charge in [0.2, 0.25) is 0 Å². The van der Waals surface area contributed by atoms with E-state index in [4.69, 9.17) is 4.84 Å². The molecule has 0 fully saturated rings. The van der Waals surface area contributed by atoms with Crippen molar-refractivity contribution in [3.63, 3.8) is 0 Å². The average molecular weight is 399 g/mol. The van der Waals surface area contributed by atoms with Crippen molar-refractivity contribution >= 4 is 20.6 Å². The van der Waals surface area contributed by atoms with E-state index >= 15 is 0 Å². The SMILES string of the molecule is Cc1ccc(C2CC(Br)=NO2)cc1Cc1cc(C(F)(F)F)ccn1. The molecule has 0 spiro atoms. The van der Waals surface area contributed by atoms with Crippen LogP contribution in [0.3, 0.4) is 0 Å². The lowest BCUT2D eigenvalue weighted by atomic mass is 9.97. The van der Waals surface area contributed by atoms with E-state index in [0.717, 1.165) is 33.4 Å². The van der Waals surface area contributed by atoms with Crippen LogP contribution in [0.4, 0.5) is 13.2 Å². The van der Waals surface area contributed by atoms with Crippen molar-refractivity contribution in [2.75, 3.05) is 0 Å². The summed E-state index contributed by atoms with van der Waals surface area (Å²) in [5.41, 5.74) is 2.57. The topological polar surface area (TPSA) is 34.5 Å². The highest BCUT2D eigenvalue weighted by Crippen LogP contribution is 2.32. The zero-order valence-corrected chi connectivity index (χ0v) is 14.4. The first kappa shape index (κ1) is 17.0. The number of halogens is 4. The van der Waals surface area contributed by atoms with Crippen LogP contribution in [0.1, 0.15) is 40.5 Å². The summed E-state index contributed by atoms with van der Waals surface area (Å²) in [5, 5.41) is 3.86. The van der Waals surface area contributed by atoms with Crippen molar-refractivity contribution in [1.82, 2.24) is 4.98 Å². The molecule has 3 nitrogen and oxygen atoms in total. The number of alkyl halides is 3. The van der Waals surface area contributed by atoms with E-state index in [1.807, 2.05) is 25.1 Å². The van der Waals surface area contributed by atoms with Crippen molar-refractivity contribution in [2.45, 2.75) is 32.0 Å². The van der Waals surface area contributed by atoms with Gasteiger partial charge in [-0.25, -0.2) is 0 Å². The van der Waals surface area contributed by atoms with E-state index in [1.54, 1.807) is 0 Å². The molecule has 24 heavy (non-hydrogen) atoms. The summed E-state index contributed by atoms with van der Waals surface area (Å²) in [5.74, 6) is 0. The molecule has 0 bridgehead atoms. The minimum absolute atomic E-state index is 0.173. The predicted molar refractivity (Wildman–Crippen MR) is 88.0 cm³/mol. The molecule has 1 aromatic carbocycles. The number of benzene rings is 1. The second kappa shape index (κ2) is 6.55. The van der Waals surface area contributed by atoms with Crippen LogP contribution >= 0.6 is 15.9 Å². The quantitative estimate of drug-likeness (QED) is 0.714. The largest absolute Gasteiger partial charge is 0.416 e. The van der Waals surface area contributed by atoms with Crippen LogP contribution in [0.25, 0.3) is 0 Å². The fourth-order valence-corrected chi connectivity index (χ4v) is 2.93. The fourth-order valence-electron chi connectivity index (χ4n) is 2.56. The lowest BCUT2D eigenvalue weighted by Crippen LogP contribution is -2.07. The molecule has 2 aromatic rings. The summed E-state index contributed by atoms with van der Waals surface area (Å²) in [7, 11) is 0. The third-order valence-electron chi connectivity index (χ3n) is 3.89.